The third kappa shape index (κ3) is 34.7. The summed E-state index contributed by atoms with van der Waals surface area (Å²) in [6.07, 6.45) is 26.5. The van der Waals surface area contributed by atoms with E-state index in [2.05, 4.69) is 13.8 Å². The summed E-state index contributed by atoms with van der Waals surface area (Å²) in [5.74, 6) is -0.793. The first-order chi connectivity index (χ1) is 22.5. The molecule has 47 heavy (non-hydrogen) atoms. The van der Waals surface area contributed by atoms with E-state index >= 15 is 0 Å². The van der Waals surface area contributed by atoms with Crippen LogP contribution < -0.4 is 0 Å². The number of hydrogen-bond donors (Lipinski definition) is 1. The molecule has 0 aromatic carbocycles. The first-order valence-corrected chi connectivity index (χ1v) is 20.8. The predicted octanol–water partition coefficient (Wildman–Crippen LogP) is 10.1. The van der Waals surface area contributed by atoms with Gasteiger partial charge in [0.1, 0.15) is 6.61 Å². The van der Waals surface area contributed by atoms with Gasteiger partial charge in [-0.1, -0.05) is 142 Å². The lowest BCUT2D eigenvalue weighted by Gasteiger charge is -2.24. The Labute approximate surface area is 289 Å². The van der Waals surface area contributed by atoms with Gasteiger partial charge in [0.05, 0.1) is 40.9 Å². The van der Waals surface area contributed by atoms with Crippen molar-refractivity contribution in [2.45, 2.75) is 180 Å². The molecule has 0 aromatic heterocycles. The van der Waals surface area contributed by atoms with Gasteiger partial charge in [-0.25, -0.2) is 4.57 Å². The lowest BCUT2D eigenvalue weighted by atomic mass is 10.0. The monoisotopic (exact) mass is 693 g/mol. The van der Waals surface area contributed by atoms with E-state index < -0.39 is 26.5 Å². The Morgan fingerprint density at radius 1 is 0.574 bits per heavy atom. The minimum atomic E-state index is -4.34. The largest absolute Gasteiger partial charge is 0.472 e. The summed E-state index contributed by atoms with van der Waals surface area (Å²) in [5, 5.41) is 0. The highest BCUT2D eigenvalue weighted by Crippen LogP contribution is 2.43. The number of rotatable bonds is 35. The summed E-state index contributed by atoms with van der Waals surface area (Å²) >= 11 is 0. The molecule has 0 aliphatic heterocycles. The fraction of sp³-hybridized carbons (Fsp3) is 0.946. The number of carbonyl (C=O) groups is 2. The van der Waals surface area contributed by atoms with E-state index in [4.69, 9.17) is 18.5 Å². The maximum atomic E-state index is 12.5. The van der Waals surface area contributed by atoms with Gasteiger partial charge in [-0.05, 0) is 12.8 Å². The van der Waals surface area contributed by atoms with E-state index in [0.717, 1.165) is 45.1 Å². The van der Waals surface area contributed by atoms with Crippen molar-refractivity contribution in [2.24, 2.45) is 0 Å². The molecule has 0 aliphatic carbocycles. The number of nitrogens with zero attached hydrogens (tertiary/aromatic N) is 1. The highest BCUT2D eigenvalue weighted by atomic mass is 31.2. The molecule has 0 heterocycles. The highest BCUT2D eigenvalue weighted by molar-refractivity contribution is 7.47. The maximum absolute atomic E-state index is 12.5. The van der Waals surface area contributed by atoms with Gasteiger partial charge in [-0.2, -0.15) is 0 Å². The zero-order valence-corrected chi connectivity index (χ0v) is 32.2. The SMILES string of the molecule is CCCCCCCCCCCCCCCCCC(=O)OC[C@H](COP(=O)(O)OCCC[N+](C)(C)C)OC(=O)CCCCCCCCC. The van der Waals surface area contributed by atoms with E-state index in [1.165, 1.54) is 96.3 Å². The Hall–Kier alpha value is -0.990. The van der Waals surface area contributed by atoms with E-state index in [1.807, 2.05) is 21.1 Å². The van der Waals surface area contributed by atoms with Crippen molar-refractivity contribution in [1.82, 2.24) is 0 Å². The third-order valence-electron chi connectivity index (χ3n) is 8.35. The molecule has 0 amide bonds. The molecule has 10 heteroatoms. The fourth-order valence-electron chi connectivity index (χ4n) is 5.42. The normalized spacial score (nSPS) is 13.7. The Morgan fingerprint density at radius 3 is 1.40 bits per heavy atom. The van der Waals surface area contributed by atoms with Crippen molar-refractivity contribution >= 4 is 19.8 Å². The molecule has 0 bridgehead atoms. The molecule has 0 rings (SSSR count). The number of quaternary nitrogens is 1. The molecule has 1 N–H and O–H groups in total. The third-order valence-corrected chi connectivity index (χ3v) is 9.33. The van der Waals surface area contributed by atoms with Crippen LogP contribution in [-0.4, -0.2) is 74.9 Å². The molecule has 0 aromatic rings. The van der Waals surface area contributed by atoms with Gasteiger partial charge in [-0.3, -0.25) is 18.6 Å². The Bertz CT molecular complexity index is 789. The van der Waals surface area contributed by atoms with Crippen LogP contribution >= 0.6 is 7.82 Å². The minimum absolute atomic E-state index is 0.0697. The van der Waals surface area contributed by atoms with Gasteiger partial charge >= 0.3 is 19.8 Å². The lowest BCUT2D eigenvalue weighted by molar-refractivity contribution is -0.870. The molecule has 0 radical (unpaired) electrons. The number of esters is 2. The first kappa shape index (κ1) is 46.0. The predicted molar refractivity (Wildman–Crippen MR) is 192 cm³/mol. The lowest BCUT2D eigenvalue weighted by Crippen LogP contribution is -2.35. The van der Waals surface area contributed by atoms with Gasteiger partial charge in [-0.15, -0.1) is 0 Å². The molecule has 280 valence electrons. The van der Waals surface area contributed by atoms with Crippen molar-refractivity contribution in [3.63, 3.8) is 0 Å². The van der Waals surface area contributed by atoms with Crippen molar-refractivity contribution in [1.29, 1.82) is 0 Å². The Kier molecular flexibility index (Phi) is 30.4. The second kappa shape index (κ2) is 31.0. The highest BCUT2D eigenvalue weighted by Gasteiger charge is 2.26. The van der Waals surface area contributed by atoms with E-state index in [1.54, 1.807) is 0 Å². The summed E-state index contributed by atoms with van der Waals surface area (Å²) in [5.41, 5.74) is 0. The van der Waals surface area contributed by atoms with E-state index in [-0.39, 0.29) is 25.6 Å². The number of unbranched alkanes of at least 4 members (excludes halogenated alkanes) is 20. The molecule has 1 unspecified atom stereocenters. The second-order valence-corrected chi connectivity index (χ2v) is 15.8. The van der Waals surface area contributed by atoms with Gasteiger partial charge in [0.2, 0.25) is 0 Å². The molecule has 0 aliphatic rings. The Balaban J connectivity index is 4.34. The summed E-state index contributed by atoms with van der Waals surface area (Å²) in [6.45, 7) is 4.67. The summed E-state index contributed by atoms with van der Waals surface area (Å²) < 4.78 is 34.3. The zero-order chi connectivity index (χ0) is 35.1. The molecular weight excluding hydrogens is 617 g/mol. The van der Waals surface area contributed by atoms with Crippen LogP contribution in [0.25, 0.3) is 0 Å². The van der Waals surface area contributed by atoms with Crippen LogP contribution in [0.15, 0.2) is 0 Å². The molecule has 0 saturated carbocycles. The van der Waals surface area contributed by atoms with Crippen LogP contribution in [-0.2, 0) is 32.7 Å². The van der Waals surface area contributed by atoms with Crippen LogP contribution in [0, 0.1) is 0 Å². The fourth-order valence-corrected chi connectivity index (χ4v) is 6.21. The molecule has 2 atom stereocenters. The second-order valence-electron chi connectivity index (χ2n) is 14.3. The summed E-state index contributed by atoms with van der Waals surface area (Å²) in [6, 6.07) is 0. The average Bonchev–Trinajstić information content (AvgIpc) is 3.01. The van der Waals surface area contributed by atoms with Crippen LogP contribution in [0.2, 0.25) is 0 Å². The minimum Gasteiger partial charge on any atom is -0.462 e. The van der Waals surface area contributed by atoms with Gasteiger partial charge in [0.25, 0.3) is 0 Å². The topological polar surface area (TPSA) is 108 Å². The number of hydrogen-bond acceptors (Lipinski definition) is 7. The quantitative estimate of drug-likeness (QED) is 0.0303. The number of ether oxygens (including phenoxy) is 2. The van der Waals surface area contributed by atoms with Crippen molar-refractivity contribution in [2.75, 3.05) is 47.5 Å². The van der Waals surface area contributed by atoms with Crippen LogP contribution in [0.3, 0.4) is 0 Å². The molecule has 0 spiro atoms. The van der Waals surface area contributed by atoms with Crippen LogP contribution in [0.1, 0.15) is 174 Å². The number of phosphoric acid groups is 1. The maximum Gasteiger partial charge on any atom is 0.472 e. The average molecular weight is 693 g/mol. The standard InChI is InChI=1S/C37H74NO8P/c1-6-8-10-12-14-15-16-17-18-19-20-21-23-24-26-29-36(39)43-33-35(46-37(40)30-27-25-22-13-11-9-7-2)34-45-47(41,42)44-32-28-31-38(3,4)5/h35H,6-34H2,1-5H3/p+1/t35-/m1/s1. The first-order valence-electron chi connectivity index (χ1n) is 19.3. The zero-order valence-electron chi connectivity index (χ0n) is 31.3. The summed E-state index contributed by atoms with van der Waals surface area (Å²) in [7, 11) is 1.74. The van der Waals surface area contributed by atoms with E-state index in [0.29, 0.717) is 23.7 Å². The molecule has 0 fully saturated rings. The molecular formula is C37H75NO8P+. The van der Waals surface area contributed by atoms with Crippen molar-refractivity contribution in [3.8, 4) is 0 Å². The van der Waals surface area contributed by atoms with Crippen molar-refractivity contribution in [3.05, 3.63) is 0 Å². The van der Waals surface area contributed by atoms with E-state index in [9.17, 15) is 19.0 Å². The van der Waals surface area contributed by atoms with Gasteiger partial charge in [0, 0.05) is 19.3 Å². The molecule has 0 saturated heterocycles. The number of phosphoric ester groups is 1. The number of carbonyl (C=O) groups excluding carboxylic acids is 2. The molecule has 9 nitrogen and oxygen atoms in total. The van der Waals surface area contributed by atoms with Crippen LogP contribution in [0.5, 0.6) is 0 Å². The van der Waals surface area contributed by atoms with Crippen LogP contribution in [0.4, 0.5) is 0 Å². The Morgan fingerprint density at radius 2 is 0.979 bits per heavy atom. The smallest absolute Gasteiger partial charge is 0.462 e. The van der Waals surface area contributed by atoms with Gasteiger partial charge in [0.15, 0.2) is 6.10 Å². The summed E-state index contributed by atoms with van der Waals surface area (Å²) in [4.78, 5) is 35.0. The van der Waals surface area contributed by atoms with Crippen molar-refractivity contribution < 1.29 is 42.1 Å². The van der Waals surface area contributed by atoms with Gasteiger partial charge < -0.3 is 18.9 Å².